The van der Waals surface area contributed by atoms with Crippen molar-refractivity contribution in [3.8, 4) is 0 Å². The molecule has 6 nitrogen and oxygen atoms in total. The Balaban J connectivity index is 1.65. The largest absolute Gasteiger partial charge is 0.357 e. The molecule has 0 spiro atoms. The average Bonchev–Trinajstić information content (AvgIpc) is 3.23. The molecule has 0 atom stereocenters. The molecule has 9 heteroatoms. The molecule has 3 aromatic rings. The maximum atomic E-state index is 6.12. The van der Waals surface area contributed by atoms with Crippen LogP contribution >= 0.6 is 35.4 Å². The Bertz CT molecular complexity index is 994. The highest BCUT2D eigenvalue weighted by Crippen LogP contribution is 2.25. The van der Waals surface area contributed by atoms with Crippen molar-refractivity contribution in [1.29, 1.82) is 0 Å². The fraction of sp³-hybridized carbons (Fsp3) is 0.316. The molecule has 0 bridgehead atoms. The van der Waals surface area contributed by atoms with Gasteiger partial charge in [0.25, 0.3) is 0 Å². The third kappa shape index (κ3) is 4.84. The monoisotopic (exact) mass is 436 g/mol. The number of hydrogen-bond donors (Lipinski definition) is 2. The number of aromatic nitrogens is 4. The highest BCUT2D eigenvalue weighted by molar-refractivity contribution is 7.80. The zero-order chi connectivity index (χ0) is 20.3. The number of halogens is 2. The van der Waals surface area contributed by atoms with Crippen LogP contribution in [-0.4, -0.2) is 24.7 Å². The first-order chi connectivity index (χ1) is 13.4. The molecule has 2 heterocycles. The molecule has 0 unspecified atom stereocenters. The number of aryl methyl sites for hydroxylation is 2. The normalized spacial score (nSPS) is 10.9. The van der Waals surface area contributed by atoms with E-state index < -0.39 is 0 Å². The van der Waals surface area contributed by atoms with Crippen molar-refractivity contribution < 1.29 is 0 Å². The van der Waals surface area contributed by atoms with Crippen LogP contribution in [0.2, 0.25) is 10.0 Å². The Kier molecular flexibility index (Phi) is 6.59. The van der Waals surface area contributed by atoms with Crippen molar-refractivity contribution in [3.05, 3.63) is 63.2 Å². The highest BCUT2D eigenvalue weighted by Gasteiger charge is 2.13. The van der Waals surface area contributed by atoms with Gasteiger partial charge < -0.3 is 10.6 Å². The zero-order valence-corrected chi connectivity index (χ0v) is 18.3. The van der Waals surface area contributed by atoms with Gasteiger partial charge in [0.1, 0.15) is 0 Å². The van der Waals surface area contributed by atoms with E-state index in [9.17, 15) is 0 Å². The lowest BCUT2D eigenvalue weighted by molar-refractivity contribution is 0.643. The van der Waals surface area contributed by atoms with Crippen LogP contribution < -0.4 is 10.6 Å². The predicted octanol–water partition coefficient (Wildman–Crippen LogP) is 4.56. The number of benzene rings is 1. The van der Waals surface area contributed by atoms with Crippen molar-refractivity contribution in [1.82, 2.24) is 24.9 Å². The van der Waals surface area contributed by atoms with Gasteiger partial charge in [0, 0.05) is 12.7 Å². The molecule has 2 aromatic heterocycles. The molecule has 148 valence electrons. The van der Waals surface area contributed by atoms with Gasteiger partial charge in [-0.3, -0.25) is 9.36 Å². The predicted molar refractivity (Wildman–Crippen MR) is 118 cm³/mol. The third-order valence-corrected chi connectivity index (χ3v) is 5.37. The average molecular weight is 437 g/mol. The molecule has 1 aromatic carbocycles. The molecule has 2 N–H and O–H groups in total. The van der Waals surface area contributed by atoms with Crippen LogP contribution in [0.25, 0.3) is 0 Å². The van der Waals surface area contributed by atoms with Crippen molar-refractivity contribution in [2.24, 2.45) is 0 Å². The molecular formula is C19H22Cl2N6S. The van der Waals surface area contributed by atoms with Gasteiger partial charge in [0.2, 0.25) is 0 Å². The summed E-state index contributed by atoms with van der Waals surface area (Å²) in [7, 11) is 0. The number of nitrogens with zero attached hydrogens (tertiary/aromatic N) is 4. The van der Waals surface area contributed by atoms with E-state index in [1.54, 1.807) is 6.07 Å². The summed E-state index contributed by atoms with van der Waals surface area (Å²) < 4.78 is 3.80. The molecule has 0 aliphatic heterocycles. The number of thiocarbonyl (C=S) groups is 1. The SMILES string of the molecule is CCn1ccc(CNC(=S)Nc2c(C)nn(Cc3ccc(Cl)c(Cl)c3)c2C)n1. The Morgan fingerprint density at radius 3 is 2.61 bits per heavy atom. The second-order valence-electron chi connectivity index (χ2n) is 6.42. The van der Waals surface area contributed by atoms with Crippen molar-refractivity contribution in [2.75, 3.05) is 5.32 Å². The molecule has 0 saturated heterocycles. The van der Waals surface area contributed by atoms with E-state index in [2.05, 4.69) is 27.8 Å². The number of rotatable bonds is 6. The van der Waals surface area contributed by atoms with Crippen molar-refractivity contribution in [2.45, 2.75) is 40.4 Å². The Labute approximate surface area is 179 Å². The minimum Gasteiger partial charge on any atom is -0.357 e. The molecule has 0 aliphatic carbocycles. The summed E-state index contributed by atoms with van der Waals surface area (Å²) in [6.07, 6.45) is 1.95. The summed E-state index contributed by atoms with van der Waals surface area (Å²) >= 11 is 17.5. The lowest BCUT2D eigenvalue weighted by Crippen LogP contribution is -2.28. The minimum atomic E-state index is 0.534. The maximum absolute atomic E-state index is 6.12. The number of nitrogens with one attached hydrogen (secondary N) is 2. The van der Waals surface area contributed by atoms with Gasteiger partial charge in [-0.2, -0.15) is 10.2 Å². The van der Waals surface area contributed by atoms with Crippen LogP contribution in [0.1, 0.15) is 29.6 Å². The molecule has 0 radical (unpaired) electrons. The van der Waals surface area contributed by atoms with E-state index in [1.165, 1.54) is 0 Å². The topological polar surface area (TPSA) is 59.7 Å². The standard InChI is InChI=1S/C19H22Cl2N6S/c1-4-26-8-7-15(25-26)10-22-19(28)23-18-12(2)24-27(13(18)3)11-14-5-6-16(20)17(21)9-14/h5-9H,4,10-11H2,1-3H3,(H2,22,23,28). The fourth-order valence-corrected chi connectivity index (χ4v) is 3.34. The van der Waals surface area contributed by atoms with E-state index in [0.29, 0.717) is 28.2 Å². The smallest absolute Gasteiger partial charge is 0.171 e. The Morgan fingerprint density at radius 1 is 1.14 bits per heavy atom. The summed E-state index contributed by atoms with van der Waals surface area (Å²) in [6.45, 7) is 8.02. The van der Waals surface area contributed by atoms with Crippen LogP contribution in [0, 0.1) is 13.8 Å². The van der Waals surface area contributed by atoms with Gasteiger partial charge >= 0.3 is 0 Å². The molecule has 0 fully saturated rings. The van der Waals surface area contributed by atoms with E-state index in [1.807, 2.05) is 47.6 Å². The van der Waals surface area contributed by atoms with Crippen LogP contribution in [0.5, 0.6) is 0 Å². The summed E-state index contributed by atoms with van der Waals surface area (Å²) in [5, 5.41) is 17.1. The molecule has 3 rings (SSSR count). The summed E-state index contributed by atoms with van der Waals surface area (Å²) in [6, 6.07) is 7.57. The van der Waals surface area contributed by atoms with Crippen LogP contribution in [0.4, 0.5) is 5.69 Å². The maximum Gasteiger partial charge on any atom is 0.171 e. The van der Waals surface area contributed by atoms with Crippen molar-refractivity contribution in [3.63, 3.8) is 0 Å². The lowest BCUT2D eigenvalue weighted by Gasteiger charge is -2.11. The minimum absolute atomic E-state index is 0.534. The van der Waals surface area contributed by atoms with E-state index in [0.717, 1.165) is 34.9 Å². The second kappa shape index (κ2) is 8.94. The van der Waals surface area contributed by atoms with Crippen LogP contribution in [-0.2, 0) is 19.6 Å². The van der Waals surface area contributed by atoms with Gasteiger partial charge in [0.15, 0.2) is 5.11 Å². The second-order valence-corrected chi connectivity index (χ2v) is 7.65. The van der Waals surface area contributed by atoms with Crippen molar-refractivity contribution >= 4 is 46.2 Å². The Hall–Kier alpha value is -2.09. The van der Waals surface area contributed by atoms with Gasteiger partial charge in [0.05, 0.1) is 45.9 Å². The van der Waals surface area contributed by atoms with Crippen LogP contribution in [0.3, 0.4) is 0 Å². The highest BCUT2D eigenvalue weighted by atomic mass is 35.5. The first kappa shape index (κ1) is 20.6. The molecule has 0 amide bonds. The first-order valence-corrected chi connectivity index (χ1v) is 10.1. The first-order valence-electron chi connectivity index (χ1n) is 8.92. The summed E-state index contributed by atoms with van der Waals surface area (Å²) in [5.41, 5.74) is 4.73. The zero-order valence-electron chi connectivity index (χ0n) is 16.0. The lowest BCUT2D eigenvalue weighted by atomic mass is 10.2. The fourth-order valence-electron chi connectivity index (χ4n) is 2.85. The van der Waals surface area contributed by atoms with Gasteiger partial charge in [-0.15, -0.1) is 0 Å². The molecule has 0 saturated carbocycles. The molecular weight excluding hydrogens is 415 g/mol. The Morgan fingerprint density at radius 2 is 1.93 bits per heavy atom. The number of anilines is 1. The molecule has 0 aliphatic rings. The van der Waals surface area contributed by atoms with Gasteiger partial charge in [-0.1, -0.05) is 29.3 Å². The number of hydrogen-bond acceptors (Lipinski definition) is 3. The third-order valence-electron chi connectivity index (χ3n) is 4.39. The summed E-state index contributed by atoms with van der Waals surface area (Å²) in [5.74, 6) is 0. The quantitative estimate of drug-likeness (QED) is 0.554. The van der Waals surface area contributed by atoms with E-state index in [-0.39, 0.29) is 0 Å². The van der Waals surface area contributed by atoms with Gasteiger partial charge in [-0.25, -0.2) is 0 Å². The van der Waals surface area contributed by atoms with E-state index in [4.69, 9.17) is 35.4 Å². The van der Waals surface area contributed by atoms with Crippen LogP contribution in [0.15, 0.2) is 30.5 Å². The van der Waals surface area contributed by atoms with E-state index >= 15 is 0 Å². The van der Waals surface area contributed by atoms with Gasteiger partial charge in [-0.05, 0) is 56.8 Å². The summed E-state index contributed by atoms with van der Waals surface area (Å²) in [4.78, 5) is 0. The molecule has 28 heavy (non-hydrogen) atoms.